The number of aliphatic hydroxyl groups is 3. The minimum atomic E-state index is -1.26. The van der Waals surface area contributed by atoms with E-state index in [2.05, 4.69) is 0 Å². The van der Waals surface area contributed by atoms with E-state index >= 15 is 0 Å². The molecule has 0 aromatic heterocycles. The SMILES string of the molecule is CC(C)(C)CC1OC(OC(C)(C)C)C(O)C(O)C1O. The summed E-state index contributed by atoms with van der Waals surface area (Å²) in [6.07, 6.45) is -4.51. The summed E-state index contributed by atoms with van der Waals surface area (Å²) in [7, 11) is 0. The number of hydrogen-bond acceptors (Lipinski definition) is 5. The Morgan fingerprint density at radius 3 is 1.84 bits per heavy atom. The van der Waals surface area contributed by atoms with Gasteiger partial charge in [0.05, 0.1) is 11.7 Å². The molecule has 5 atom stereocenters. The Hall–Kier alpha value is -0.200. The van der Waals surface area contributed by atoms with Crippen molar-refractivity contribution in [2.45, 2.75) is 84.3 Å². The van der Waals surface area contributed by atoms with Crippen molar-refractivity contribution >= 4 is 0 Å². The van der Waals surface area contributed by atoms with Gasteiger partial charge in [-0.25, -0.2) is 0 Å². The van der Waals surface area contributed by atoms with Crippen molar-refractivity contribution < 1.29 is 24.8 Å². The van der Waals surface area contributed by atoms with Gasteiger partial charge < -0.3 is 24.8 Å². The first-order valence-corrected chi connectivity index (χ1v) is 6.78. The highest BCUT2D eigenvalue weighted by atomic mass is 16.7. The number of aliphatic hydroxyl groups excluding tert-OH is 3. The van der Waals surface area contributed by atoms with Crippen LogP contribution in [0.4, 0.5) is 0 Å². The predicted octanol–water partition coefficient (Wildman–Crippen LogP) is 1.05. The topological polar surface area (TPSA) is 79.2 Å². The van der Waals surface area contributed by atoms with Gasteiger partial charge in [0.15, 0.2) is 6.29 Å². The maximum Gasteiger partial charge on any atom is 0.187 e. The molecule has 5 heteroatoms. The molecule has 0 aromatic carbocycles. The van der Waals surface area contributed by atoms with Crippen molar-refractivity contribution in [3.05, 3.63) is 0 Å². The van der Waals surface area contributed by atoms with Gasteiger partial charge >= 0.3 is 0 Å². The second-order valence-electron chi connectivity index (χ2n) is 7.51. The largest absolute Gasteiger partial charge is 0.388 e. The monoisotopic (exact) mass is 276 g/mol. The van der Waals surface area contributed by atoms with Crippen molar-refractivity contribution in [3.63, 3.8) is 0 Å². The molecule has 5 unspecified atom stereocenters. The first kappa shape index (κ1) is 16.9. The van der Waals surface area contributed by atoms with E-state index in [0.29, 0.717) is 6.42 Å². The third-order valence-electron chi connectivity index (χ3n) is 2.95. The Morgan fingerprint density at radius 1 is 0.895 bits per heavy atom. The Labute approximate surface area is 115 Å². The van der Waals surface area contributed by atoms with E-state index < -0.39 is 36.3 Å². The predicted molar refractivity (Wildman–Crippen MR) is 71.6 cm³/mol. The molecule has 1 saturated heterocycles. The lowest BCUT2D eigenvalue weighted by atomic mass is 9.84. The van der Waals surface area contributed by atoms with E-state index in [1.807, 2.05) is 41.5 Å². The highest BCUT2D eigenvalue weighted by molar-refractivity contribution is 4.91. The zero-order valence-electron chi connectivity index (χ0n) is 12.8. The lowest BCUT2D eigenvalue weighted by molar-refractivity contribution is -0.320. The Morgan fingerprint density at radius 2 is 1.42 bits per heavy atom. The van der Waals surface area contributed by atoms with Crippen molar-refractivity contribution in [1.29, 1.82) is 0 Å². The third kappa shape index (κ3) is 5.00. The fourth-order valence-electron chi connectivity index (χ4n) is 2.13. The average molecular weight is 276 g/mol. The molecule has 0 amide bonds. The molecule has 0 saturated carbocycles. The molecule has 114 valence electrons. The van der Waals surface area contributed by atoms with E-state index in [9.17, 15) is 15.3 Å². The van der Waals surface area contributed by atoms with Crippen LogP contribution < -0.4 is 0 Å². The fourth-order valence-corrected chi connectivity index (χ4v) is 2.13. The summed E-state index contributed by atoms with van der Waals surface area (Å²) in [6.45, 7) is 11.6. The molecule has 3 N–H and O–H groups in total. The first-order valence-electron chi connectivity index (χ1n) is 6.78. The van der Waals surface area contributed by atoms with E-state index in [1.54, 1.807) is 0 Å². The number of rotatable bonds is 2. The van der Waals surface area contributed by atoms with Gasteiger partial charge in [-0.3, -0.25) is 0 Å². The van der Waals surface area contributed by atoms with Crippen LogP contribution in [0.2, 0.25) is 0 Å². The summed E-state index contributed by atoms with van der Waals surface area (Å²) in [5.74, 6) is 0. The van der Waals surface area contributed by atoms with Gasteiger partial charge in [0.2, 0.25) is 0 Å². The van der Waals surface area contributed by atoms with Crippen LogP contribution in [0.15, 0.2) is 0 Å². The fraction of sp³-hybridized carbons (Fsp3) is 1.00. The summed E-state index contributed by atoms with van der Waals surface area (Å²) in [6, 6.07) is 0. The molecule has 1 fully saturated rings. The lowest BCUT2D eigenvalue weighted by Gasteiger charge is -2.44. The van der Waals surface area contributed by atoms with Crippen LogP contribution in [-0.4, -0.2) is 51.6 Å². The molecule has 1 rings (SSSR count). The summed E-state index contributed by atoms with van der Waals surface area (Å²) in [5.41, 5.74) is -0.556. The average Bonchev–Trinajstić information content (AvgIpc) is 2.18. The lowest BCUT2D eigenvalue weighted by Crippen LogP contribution is -2.59. The molecule has 0 radical (unpaired) electrons. The normalized spacial score (nSPS) is 37.4. The highest BCUT2D eigenvalue weighted by Gasteiger charge is 2.46. The van der Waals surface area contributed by atoms with Gasteiger partial charge in [-0.2, -0.15) is 0 Å². The van der Waals surface area contributed by atoms with Crippen LogP contribution >= 0.6 is 0 Å². The van der Waals surface area contributed by atoms with Crippen LogP contribution in [0.1, 0.15) is 48.0 Å². The molecule has 0 aliphatic carbocycles. The van der Waals surface area contributed by atoms with Gasteiger partial charge in [-0.15, -0.1) is 0 Å². The van der Waals surface area contributed by atoms with E-state index in [1.165, 1.54) is 0 Å². The van der Waals surface area contributed by atoms with Crippen molar-refractivity contribution in [2.24, 2.45) is 5.41 Å². The summed E-state index contributed by atoms with van der Waals surface area (Å²) in [4.78, 5) is 0. The highest BCUT2D eigenvalue weighted by Crippen LogP contribution is 2.32. The van der Waals surface area contributed by atoms with Crippen LogP contribution in [0.3, 0.4) is 0 Å². The minimum absolute atomic E-state index is 0.0556. The van der Waals surface area contributed by atoms with Gasteiger partial charge in [0.25, 0.3) is 0 Å². The van der Waals surface area contributed by atoms with Crippen LogP contribution in [-0.2, 0) is 9.47 Å². The molecule has 1 aliphatic rings. The van der Waals surface area contributed by atoms with Crippen LogP contribution in [0.25, 0.3) is 0 Å². The van der Waals surface area contributed by atoms with Crippen molar-refractivity contribution in [3.8, 4) is 0 Å². The van der Waals surface area contributed by atoms with E-state index in [0.717, 1.165) is 0 Å². The van der Waals surface area contributed by atoms with Crippen LogP contribution in [0, 0.1) is 5.41 Å². The van der Waals surface area contributed by atoms with Gasteiger partial charge in [0, 0.05) is 0 Å². The maximum atomic E-state index is 10.00. The van der Waals surface area contributed by atoms with Crippen molar-refractivity contribution in [1.82, 2.24) is 0 Å². The van der Waals surface area contributed by atoms with Gasteiger partial charge in [0.1, 0.15) is 18.3 Å². The van der Waals surface area contributed by atoms with Gasteiger partial charge in [-0.05, 0) is 32.6 Å². The molecular weight excluding hydrogens is 248 g/mol. The minimum Gasteiger partial charge on any atom is -0.388 e. The summed E-state index contributed by atoms with van der Waals surface area (Å²) in [5, 5.41) is 29.8. The number of ether oxygens (including phenoxy) is 2. The summed E-state index contributed by atoms with van der Waals surface area (Å²) >= 11 is 0. The quantitative estimate of drug-likeness (QED) is 0.702. The smallest absolute Gasteiger partial charge is 0.187 e. The first-order chi connectivity index (χ1) is 8.41. The molecule has 5 nitrogen and oxygen atoms in total. The number of hydrogen-bond donors (Lipinski definition) is 3. The van der Waals surface area contributed by atoms with Crippen LogP contribution in [0.5, 0.6) is 0 Å². The maximum absolute atomic E-state index is 10.00. The van der Waals surface area contributed by atoms with Gasteiger partial charge in [-0.1, -0.05) is 20.8 Å². The van der Waals surface area contributed by atoms with E-state index in [4.69, 9.17) is 9.47 Å². The second kappa shape index (κ2) is 5.66. The third-order valence-corrected chi connectivity index (χ3v) is 2.95. The van der Waals surface area contributed by atoms with Crippen molar-refractivity contribution in [2.75, 3.05) is 0 Å². The Balaban J connectivity index is 2.79. The molecule has 0 spiro atoms. The standard InChI is InChI=1S/C14H28O5/c1-13(2,3)7-8-9(15)10(16)11(17)12(18-8)19-14(4,5)6/h8-12,15-17H,7H2,1-6H3. The molecule has 1 aliphatic heterocycles. The second-order valence-corrected chi connectivity index (χ2v) is 7.51. The molecular formula is C14H28O5. The Bertz CT molecular complexity index is 263. The molecule has 0 bridgehead atoms. The zero-order chi connectivity index (χ0) is 15.0. The zero-order valence-corrected chi connectivity index (χ0v) is 12.8. The Kier molecular flexibility index (Phi) is 5.02. The molecule has 19 heavy (non-hydrogen) atoms. The van der Waals surface area contributed by atoms with E-state index in [-0.39, 0.29) is 5.41 Å². The summed E-state index contributed by atoms with van der Waals surface area (Å²) < 4.78 is 11.3. The molecule has 0 aromatic rings. The molecule has 1 heterocycles.